The zero-order valence-electron chi connectivity index (χ0n) is 22.3. The molecule has 41 heavy (non-hydrogen) atoms. The number of esters is 1. The average molecular weight is 574 g/mol. The Labute approximate surface area is 238 Å². The van der Waals surface area contributed by atoms with Crippen molar-refractivity contribution >= 4 is 33.4 Å². The molecule has 10 nitrogen and oxygen atoms in total. The number of amidine groups is 1. The summed E-state index contributed by atoms with van der Waals surface area (Å²) >= 11 is 0. The number of sulfonamides is 1. The number of primary sulfonamides is 1. The Morgan fingerprint density at radius 1 is 1.02 bits per heavy atom. The van der Waals surface area contributed by atoms with Crippen molar-refractivity contribution in [2.45, 2.75) is 17.2 Å². The van der Waals surface area contributed by atoms with Gasteiger partial charge in [-0.3, -0.25) is 5.41 Å². The summed E-state index contributed by atoms with van der Waals surface area (Å²) in [4.78, 5) is 24.1. The molecule has 0 saturated heterocycles. The molecule has 1 aliphatic carbocycles. The third-order valence-corrected chi connectivity index (χ3v) is 8.09. The summed E-state index contributed by atoms with van der Waals surface area (Å²) in [5.41, 5.74) is 14.5. The first kappa shape index (κ1) is 29.2. The number of primary amides is 1. The summed E-state index contributed by atoms with van der Waals surface area (Å²) < 4.78 is 29.1. The zero-order valence-corrected chi connectivity index (χ0v) is 23.1. The minimum atomic E-state index is -3.92. The monoisotopic (exact) mass is 573 g/mol. The van der Waals surface area contributed by atoms with Gasteiger partial charge >= 0.3 is 12.0 Å². The van der Waals surface area contributed by atoms with Crippen molar-refractivity contribution in [3.63, 3.8) is 0 Å². The second kappa shape index (κ2) is 11.8. The molecular weight excluding hydrogens is 542 g/mol. The number of amides is 2. The third kappa shape index (κ3) is 6.37. The molecule has 0 fully saturated rings. The number of ether oxygens (including phenoxy) is 1. The zero-order chi connectivity index (χ0) is 29.8. The average Bonchev–Trinajstić information content (AvgIpc) is 2.95. The molecule has 1 aliphatic rings. The van der Waals surface area contributed by atoms with Crippen LogP contribution in [0.1, 0.15) is 33.8 Å². The molecule has 0 heterocycles. The van der Waals surface area contributed by atoms with Crippen LogP contribution in [0.3, 0.4) is 0 Å². The van der Waals surface area contributed by atoms with Gasteiger partial charge in [0.1, 0.15) is 0 Å². The van der Waals surface area contributed by atoms with Gasteiger partial charge in [0.15, 0.2) is 0 Å². The summed E-state index contributed by atoms with van der Waals surface area (Å²) in [7, 11) is -2.63. The van der Waals surface area contributed by atoms with E-state index < -0.39 is 33.4 Å². The van der Waals surface area contributed by atoms with Crippen LogP contribution in [-0.4, -0.2) is 39.9 Å². The number of carbonyl (C=O) groups is 2. The van der Waals surface area contributed by atoms with E-state index in [0.29, 0.717) is 28.7 Å². The van der Waals surface area contributed by atoms with Crippen LogP contribution >= 0.6 is 0 Å². The highest BCUT2D eigenvalue weighted by atomic mass is 32.2. The van der Waals surface area contributed by atoms with E-state index in [2.05, 4.69) is 5.32 Å². The number of methoxy groups -OCH3 is 1. The lowest BCUT2D eigenvalue weighted by atomic mass is 9.65. The molecule has 0 saturated carbocycles. The lowest BCUT2D eigenvalue weighted by Gasteiger charge is -2.41. The molecular formula is C30H31N5O5S. The summed E-state index contributed by atoms with van der Waals surface area (Å²) in [5.74, 6) is -1.40. The van der Waals surface area contributed by atoms with Gasteiger partial charge < -0.3 is 21.5 Å². The molecule has 0 radical (unpaired) electrons. The number of hydrogen-bond donors (Lipinski definition) is 5. The van der Waals surface area contributed by atoms with Gasteiger partial charge in [-0.1, -0.05) is 72.8 Å². The summed E-state index contributed by atoms with van der Waals surface area (Å²) in [6, 6.07) is 19.8. The second-order valence-corrected chi connectivity index (χ2v) is 11.3. The van der Waals surface area contributed by atoms with E-state index in [9.17, 15) is 18.0 Å². The molecule has 212 valence electrons. The summed E-state index contributed by atoms with van der Waals surface area (Å²) in [5, 5.41) is 16.6. The van der Waals surface area contributed by atoms with Gasteiger partial charge in [0.05, 0.1) is 29.3 Å². The number of urea groups is 1. The molecule has 8 N–H and O–H groups in total. The Morgan fingerprint density at radius 3 is 2.34 bits per heavy atom. The maximum Gasteiger partial charge on any atom is 0.337 e. The van der Waals surface area contributed by atoms with Crippen molar-refractivity contribution in [1.82, 2.24) is 5.32 Å². The first-order valence-electron chi connectivity index (χ1n) is 12.6. The summed E-state index contributed by atoms with van der Waals surface area (Å²) in [6.45, 7) is 0.0721. The van der Waals surface area contributed by atoms with Crippen LogP contribution in [0.4, 0.5) is 4.79 Å². The number of benzene rings is 3. The van der Waals surface area contributed by atoms with Crippen molar-refractivity contribution < 1.29 is 22.7 Å². The molecule has 0 aliphatic heterocycles. The smallest absolute Gasteiger partial charge is 0.337 e. The number of hydrogen-bond acceptors (Lipinski definition) is 6. The summed E-state index contributed by atoms with van der Waals surface area (Å²) in [6.07, 6.45) is 6.02. The predicted octanol–water partition coefficient (Wildman–Crippen LogP) is 3.51. The van der Waals surface area contributed by atoms with E-state index in [-0.39, 0.29) is 17.3 Å². The minimum Gasteiger partial charge on any atom is -0.465 e. The largest absolute Gasteiger partial charge is 0.465 e. The van der Waals surface area contributed by atoms with Crippen molar-refractivity contribution in [3.8, 4) is 11.1 Å². The Bertz CT molecular complexity index is 1660. The fraction of sp³-hybridized carbons (Fsp3) is 0.167. The first-order valence-corrected chi connectivity index (χ1v) is 14.2. The van der Waals surface area contributed by atoms with Gasteiger partial charge in [-0.15, -0.1) is 0 Å². The van der Waals surface area contributed by atoms with Gasteiger partial charge in [0.25, 0.3) is 0 Å². The highest BCUT2D eigenvalue weighted by Crippen LogP contribution is 2.47. The number of rotatable bonds is 9. The van der Waals surface area contributed by atoms with Crippen molar-refractivity contribution in [1.29, 1.82) is 5.41 Å². The van der Waals surface area contributed by atoms with Crippen LogP contribution < -0.4 is 21.9 Å². The van der Waals surface area contributed by atoms with E-state index in [4.69, 9.17) is 26.8 Å². The van der Waals surface area contributed by atoms with Gasteiger partial charge in [-0.05, 0) is 46.9 Å². The van der Waals surface area contributed by atoms with Crippen molar-refractivity contribution in [3.05, 3.63) is 108 Å². The fourth-order valence-electron chi connectivity index (χ4n) is 5.30. The highest BCUT2D eigenvalue weighted by molar-refractivity contribution is 7.89. The fourth-order valence-corrected chi connectivity index (χ4v) is 6.06. The standard InChI is InChI=1S/C30H31N5O5S/c1-40-28(36)22-7-4-6-21(16-22)26(27(31)32)30(18-35-29(33)37)15-5-8-23(17-30)19-11-13-20(14-12-19)24-9-2-3-10-25(24)41(34,38)39/h2-16,26H,17-18H2,1H3,(H3,31,32)(H3,33,35,37)(H2,34,38,39). The van der Waals surface area contributed by atoms with E-state index in [1.165, 1.54) is 13.2 Å². The Balaban J connectivity index is 1.74. The van der Waals surface area contributed by atoms with Crippen LogP contribution in [0.15, 0.2) is 95.9 Å². The molecule has 11 heteroatoms. The van der Waals surface area contributed by atoms with Crippen LogP contribution in [-0.2, 0) is 14.8 Å². The maximum atomic E-state index is 12.2. The molecule has 0 spiro atoms. The molecule has 4 rings (SSSR count). The molecule has 2 atom stereocenters. The van der Waals surface area contributed by atoms with Crippen LogP contribution in [0.5, 0.6) is 0 Å². The Morgan fingerprint density at radius 2 is 1.71 bits per heavy atom. The van der Waals surface area contributed by atoms with Crippen LogP contribution in [0, 0.1) is 10.8 Å². The molecule has 3 aromatic rings. The Hall–Kier alpha value is -4.74. The topological polar surface area (TPSA) is 191 Å². The number of allylic oxidation sites excluding steroid dienone is 3. The predicted molar refractivity (Wildman–Crippen MR) is 157 cm³/mol. The van der Waals surface area contributed by atoms with Crippen molar-refractivity contribution in [2.75, 3.05) is 13.7 Å². The number of nitrogens with one attached hydrogen (secondary N) is 2. The van der Waals surface area contributed by atoms with E-state index in [0.717, 1.165) is 11.1 Å². The molecule has 0 bridgehead atoms. The van der Waals surface area contributed by atoms with Crippen molar-refractivity contribution in [2.24, 2.45) is 22.0 Å². The first-order chi connectivity index (χ1) is 19.4. The Kier molecular flexibility index (Phi) is 8.41. The quantitative estimate of drug-likeness (QED) is 0.148. The van der Waals surface area contributed by atoms with Gasteiger partial charge in [-0.25, -0.2) is 23.1 Å². The number of nitrogens with two attached hydrogens (primary N) is 3. The van der Waals surface area contributed by atoms with Crippen LogP contribution in [0.2, 0.25) is 0 Å². The number of carbonyl (C=O) groups excluding carboxylic acids is 2. The van der Waals surface area contributed by atoms with Gasteiger partial charge in [0.2, 0.25) is 10.0 Å². The lowest BCUT2D eigenvalue weighted by Crippen LogP contribution is -2.46. The normalized spacial score (nSPS) is 17.3. The minimum absolute atomic E-state index is 0.0302. The maximum absolute atomic E-state index is 12.2. The lowest BCUT2D eigenvalue weighted by molar-refractivity contribution is 0.0600. The van der Waals surface area contributed by atoms with Gasteiger partial charge in [0, 0.05) is 17.5 Å². The molecule has 0 aromatic heterocycles. The van der Waals surface area contributed by atoms with E-state index in [1.54, 1.807) is 42.5 Å². The molecule has 2 amide bonds. The second-order valence-electron chi connectivity index (χ2n) is 9.80. The van der Waals surface area contributed by atoms with Crippen LogP contribution in [0.25, 0.3) is 16.7 Å². The van der Waals surface area contributed by atoms with E-state index >= 15 is 0 Å². The molecule has 2 unspecified atom stereocenters. The van der Waals surface area contributed by atoms with Gasteiger partial charge in [-0.2, -0.15) is 0 Å². The SMILES string of the molecule is COC(=O)c1cccc(C(C(=N)N)C2(CNC(N)=O)C=CC=C(c3ccc(-c4ccccc4S(N)(=O)=O)cc3)C2)c1. The van der Waals surface area contributed by atoms with E-state index in [1.807, 2.05) is 42.5 Å². The molecule has 3 aromatic carbocycles. The highest BCUT2D eigenvalue weighted by Gasteiger charge is 2.42. The third-order valence-electron chi connectivity index (χ3n) is 7.12.